The maximum atomic E-state index is 4.49. The van der Waals surface area contributed by atoms with Gasteiger partial charge in [-0.15, -0.1) is 5.10 Å². The van der Waals surface area contributed by atoms with Crippen LogP contribution in [0, 0.1) is 20.8 Å². The molecule has 0 aliphatic carbocycles. The quantitative estimate of drug-likeness (QED) is 0.241. The van der Waals surface area contributed by atoms with E-state index in [1.807, 2.05) is 10.9 Å². The Labute approximate surface area is 213 Å². The molecule has 36 heavy (non-hydrogen) atoms. The molecule has 0 bridgehead atoms. The smallest absolute Gasteiger partial charge is 0.113 e. The minimum absolute atomic E-state index is 0.710. The molecule has 0 aliphatic rings. The van der Waals surface area contributed by atoms with Crippen molar-refractivity contribution >= 4 is 5.69 Å². The topological polar surface area (TPSA) is 34.0 Å². The van der Waals surface area contributed by atoms with Gasteiger partial charge in [0.25, 0.3) is 0 Å². The van der Waals surface area contributed by atoms with Crippen LogP contribution in [-0.4, -0.2) is 15.0 Å². The van der Waals surface area contributed by atoms with Gasteiger partial charge in [-0.2, -0.15) is 0 Å². The lowest BCUT2D eigenvalue weighted by atomic mass is 10.1. The SMILES string of the molecule is Cc1cccc(CN(Cc2cccc(C)c2)c2cccc(-c3cn(Cc4cccc(C)c4)nn3)c2)c1. The maximum absolute atomic E-state index is 4.49. The van der Waals surface area contributed by atoms with Crippen LogP contribution in [-0.2, 0) is 19.6 Å². The van der Waals surface area contributed by atoms with E-state index in [1.165, 1.54) is 39.1 Å². The van der Waals surface area contributed by atoms with Crippen LogP contribution in [0.3, 0.4) is 0 Å². The first-order valence-electron chi connectivity index (χ1n) is 12.4. The van der Waals surface area contributed by atoms with Crippen LogP contribution in [0.5, 0.6) is 0 Å². The second-order valence-electron chi connectivity index (χ2n) is 9.67. The highest BCUT2D eigenvalue weighted by molar-refractivity contribution is 5.65. The van der Waals surface area contributed by atoms with E-state index in [-0.39, 0.29) is 0 Å². The molecule has 5 rings (SSSR count). The van der Waals surface area contributed by atoms with Gasteiger partial charge in [-0.05, 0) is 49.6 Å². The number of rotatable bonds is 8. The number of aromatic nitrogens is 3. The van der Waals surface area contributed by atoms with Crippen LogP contribution in [0.15, 0.2) is 103 Å². The van der Waals surface area contributed by atoms with E-state index in [4.69, 9.17) is 0 Å². The Morgan fingerprint density at radius 1 is 0.639 bits per heavy atom. The van der Waals surface area contributed by atoms with Crippen LogP contribution in [0.1, 0.15) is 33.4 Å². The molecule has 4 aromatic carbocycles. The molecule has 0 amide bonds. The molecule has 1 heterocycles. The summed E-state index contributed by atoms with van der Waals surface area (Å²) in [4.78, 5) is 2.43. The number of hydrogen-bond donors (Lipinski definition) is 0. The molecule has 0 aliphatic heterocycles. The second kappa shape index (κ2) is 10.6. The summed E-state index contributed by atoms with van der Waals surface area (Å²) in [5, 5.41) is 8.89. The zero-order chi connectivity index (χ0) is 24.9. The van der Waals surface area contributed by atoms with Crippen LogP contribution >= 0.6 is 0 Å². The minimum atomic E-state index is 0.710. The number of aryl methyl sites for hydroxylation is 3. The van der Waals surface area contributed by atoms with E-state index in [0.29, 0.717) is 6.54 Å². The average molecular weight is 473 g/mol. The Hall–Kier alpha value is -4.18. The number of anilines is 1. The predicted octanol–water partition coefficient (Wildman–Crippen LogP) is 7.13. The van der Waals surface area contributed by atoms with Crippen molar-refractivity contribution < 1.29 is 0 Å². The lowest BCUT2D eigenvalue weighted by molar-refractivity contribution is 0.649. The molecular weight excluding hydrogens is 440 g/mol. The molecule has 5 aromatic rings. The molecule has 0 spiro atoms. The van der Waals surface area contributed by atoms with E-state index in [2.05, 4.69) is 133 Å². The molecule has 4 nitrogen and oxygen atoms in total. The Morgan fingerprint density at radius 2 is 1.19 bits per heavy atom. The molecule has 4 heteroatoms. The second-order valence-corrected chi connectivity index (χ2v) is 9.67. The van der Waals surface area contributed by atoms with Crippen molar-refractivity contribution in [3.63, 3.8) is 0 Å². The summed E-state index contributed by atoms with van der Waals surface area (Å²) in [6.45, 7) is 8.78. The van der Waals surface area contributed by atoms with Crippen molar-refractivity contribution in [1.82, 2.24) is 15.0 Å². The van der Waals surface area contributed by atoms with Gasteiger partial charge in [0.1, 0.15) is 5.69 Å². The summed E-state index contributed by atoms with van der Waals surface area (Å²) in [5.74, 6) is 0. The Balaban J connectivity index is 1.42. The number of benzene rings is 4. The van der Waals surface area contributed by atoms with Gasteiger partial charge in [-0.3, -0.25) is 0 Å². The monoisotopic (exact) mass is 472 g/mol. The zero-order valence-electron chi connectivity index (χ0n) is 21.2. The van der Waals surface area contributed by atoms with Gasteiger partial charge in [0.15, 0.2) is 0 Å². The van der Waals surface area contributed by atoms with Gasteiger partial charge in [0.05, 0.1) is 12.7 Å². The van der Waals surface area contributed by atoms with E-state index < -0.39 is 0 Å². The third kappa shape index (κ3) is 5.89. The molecule has 0 unspecified atom stereocenters. The third-order valence-corrected chi connectivity index (χ3v) is 6.38. The van der Waals surface area contributed by atoms with Gasteiger partial charge >= 0.3 is 0 Å². The van der Waals surface area contributed by atoms with E-state index in [1.54, 1.807) is 0 Å². The molecule has 0 N–H and O–H groups in total. The molecule has 0 saturated carbocycles. The van der Waals surface area contributed by atoms with Crippen molar-refractivity contribution in [2.75, 3.05) is 4.90 Å². The normalized spacial score (nSPS) is 11.0. The predicted molar refractivity (Wildman–Crippen MR) is 148 cm³/mol. The van der Waals surface area contributed by atoms with Gasteiger partial charge in [0, 0.05) is 24.3 Å². The summed E-state index contributed by atoms with van der Waals surface area (Å²) in [7, 11) is 0. The largest absolute Gasteiger partial charge is 0.363 e. The van der Waals surface area contributed by atoms with Crippen molar-refractivity contribution in [3.05, 3.63) is 137 Å². The molecule has 0 saturated heterocycles. The highest BCUT2D eigenvalue weighted by atomic mass is 15.4. The highest BCUT2D eigenvalue weighted by Crippen LogP contribution is 2.26. The van der Waals surface area contributed by atoms with Crippen molar-refractivity contribution in [2.24, 2.45) is 0 Å². The fourth-order valence-electron chi connectivity index (χ4n) is 4.67. The van der Waals surface area contributed by atoms with Crippen LogP contribution < -0.4 is 4.90 Å². The molecule has 0 atom stereocenters. The van der Waals surface area contributed by atoms with E-state index >= 15 is 0 Å². The molecule has 0 fully saturated rings. The van der Waals surface area contributed by atoms with Crippen LogP contribution in [0.4, 0.5) is 5.69 Å². The van der Waals surface area contributed by atoms with Gasteiger partial charge < -0.3 is 4.90 Å². The maximum Gasteiger partial charge on any atom is 0.113 e. The molecule has 180 valence electrons. The summed E-state index contributed by atoms with van der Waals surface area (Å²) in [6, 6.07) is 34.7. The fourth-order valence-corrected chi connectivity index (χ4v) is 4.67. The first-order valence-corrected chi connectivity index (χ1v) is 12.4. The Bertz CT molecular complexity index is 1420. The van der Waals surface area contributed by atoms with Crippen molar-refractivity contribution in [3.8, 4) is 11.3 Å². The first-order chi connectivity index (χ1) is 17.5. The van der Waals surface area contributed by atoms with Crippen molar-refractivity contribution in [1.29, 1.82) is 0 Å². The number of hydrogen-bond acceptors (Lipinski definition) is 3. The summed E-state index contributed by atoms with van der Waals surface area (Å²) < 4.78 is 1.91. The van der Waals surface area contributed by atoms with Crippen molar-refractivity contribution in [2.45, 2.75) is 40.4 Å². The highest BCUT2D eigenvalue weighted by Gasteiger charge is 2.12. The zero-order valence-corrected chi connectivity index (χ0v) is 21.2. The van der Waals surface area contributed by atoms with Crippen LogP contribution in [0.25, 0.3) is 11.3 Å². The van der Waals surface area contributed by atoms with E-state index in [9.17, 15) is 0 Å². The van der Waals surface area contributed by atoms with Gasteiger partial charge in [-0.1, -0.05) is 107 Å². The van der Waals surface area contributed by atoms with E-state index in [0.717, 1.165) is 24.3 Å². The minimum Gasteiger partial charge on any atom is -0.363 e. The fraction of sp³-hybridized carbons (Fsp3) is 0.188. The molecular formula is C32H32N4. The van der Waals surface area contributed by atoms with Crippen LogP contribution in [0.2, 0.25) is 0 Å². The Morgan fingerprint density at radius 3 is 1.81 bits per heavy atom. The average Bonchev–Trinajstić information content (AvgIpc) is 3.32. The Kier molecular flexibility index (Phi) is 6.94. The summed E-state index contributed by atoms with van der Waals surface area (Å²) in [5.41, 5.74) is 10.8. The van der Waals surface area contributed by atoms with Gasteiger partial charge in [-0.25, -0.2) is 4.68 Å². The first kappa shape index (κ1) is 23.6. The van der Waals surface area contributed by atoms with Gasteiger partial charge in [0.2, 0.25) is 0 Å². The molecule has 0 radical (unpaired) electrons. The summed E-state index contributed by atoms with van der Waals surface area (Å²) in [6.07, 6.45) is 2.03. The third-order valence-electron chi connectivity index (χ3n) is 6.38. The number of nitrogens with zero attached hydrogens (tertiary/aromatic N) is 4. The molecule has 1 aromatic heterocycles. The lowest BCUT2D eigenvalue weighted by Crippen LogP contribution is -2.22. The standard InChI is InChI=1S/C32H32N4/c1-24-8-4-11-27(16-24)20-35(21-28-12-5-9-25(2)17-28)31-15-7-14-30(19-31)32-23-36(34-33-32)22-29-13-6-10-26(3)18-29/h4-19,23H,20-22H2,1-3H3. The summed E-state index contributed by atoms with van der Waals surface area (Å²) >= 11 is 0. The lowest BCUT2D eigenvalue weighted by Gasteiger charge is -2.26.